The summed E-state index contributed by atoms with van der Waals surface area (Å²) in [4.78, 5) is 7.01. The van der Waals surface area contributed by atoms with E-state index in [1.54, 1.807) is 10.6 Å². The van der Waals surface area contributed by atoms with Gasteiger partial charge in [0, 0.05) is 28.5 Å². The summed E-state index contributed by atoms with van der Waals surface area (Å²) in [6, 6.07) is 7.63. The monoisotopic (exact) mass is 419 g/mol. The first-order valence-corrected chi connectivity index (χ1v) is 10.5. The molecule has 3 aromatic rings. The summed E-state index contributed by atoms with van der Waals surface area (Å²) in [6.07, 6.45) is 2.30. The highest BCUT2D eigenvalue weighted by atomic mass is 16.5. The molecule has 162 valence electrons. The third-order valence-corrected chi connectivity index (χ3v) is 6.19. The number of nitrogens with two attached hydrogens (primary N) is 1. The molecule has 2 aromatic heterocycles. The average Bonchev–Trinajstić information content (AvgIpc) is 3.41. The van der Waals surface area contributed by atoms with E-state index >= 15 is 0 Å². The Labute approximate surface area is 182 Å². The Bertz CT molecular complexity index is 1220. The summed E-state index contributed by atoms with van der Waals surface area (Å²) in [7, 11) is 4.16. The first-order chi connectivity index (χ1) is 14.7. The zero-order valence-electron chi connectivity index (χ0n) is 18.8. The minimum Gasteiger partial charge on any atom is -0.508 e. The summed E-state index contributed by atoms with van der Waals surface area (Å²) in [5, 5.41) is 20.8. The van der Waals surface area contributed by atoms with Crippen molar-refractivity contribution in [2.75, 3.05) is 33.0 Å². The fraction of sp³-hybridized carbons (Fsp3) is 0.417. The van der Waals surface area contributed by atoms with Crippen molar-refractivity contribution in [3.05, 3.63) is 40.5 Å². The van der Waals surface area contributed by atoms with E-state index in [4.69, 9.17) is 15.5 Å². The van der Waals surface area contributed by atoms with E-state index in [1.165, 1.54) is 0 Å². The first kappa shape index (κ1) is 21.0. The Morgan fingerprint density at radius 3 is 2.58 bits per heavy atom. The van der Waals surface area contributed by atoms with Crippen molar-refractivity contribution in [2.45, 2.75) is 33.6 Å². The standard InChI is InChI=1S/C24H29N5O2/c1-14-6-7-19(30)16(3)20(14)29-21(26)18(11-25)17-10-15(2)23(27-22(17)29)31-13-24(8-9-24)12-28(4)5/h6-7,10,30H,8-9,12-13,26H2,1-5H3. The Morgan fingerprint density at radius 1 is 1.26 bits per heavy atom. The van der Waals surface area contributed by atoms with Gasteiger partial charge in [-0.05, 0) is 65.4 Å². The molecule has 0 saturated heterocycles. The quantitative estimate of drug-likeness (QED) is 0.630. The van der Waals surface area contributed by atoms with Gasteiger partial charge in [0.1, 0.15) is 23.2 Å². The van der Waals surface area contributed by atoms with E-state index in [-0.39, 0.29) is 11.2 Å². The lowest BCUT2D eigenvalue weighted by molar-refractivity contribution is 0.188. The maximum atomic E-state index is 10.3. The van der Waals surface area contributed by atoms with Crippen molar-refractivity contribution in [1.29, 1.82) is 5.26 Å². The Hall–Kier alpha value is -3.24. The molecule has 0 radical (unpaired) electrons. The van der Waals surface area contributed by atoms with Gasteiger partial charge in [-0.15, -0.1) is 0 Å². The molecule has 3 N–H and O–H groups in total. The second kappa shape index (κ2) is 7.47. The number of ether oxygens (including phenoxy) is 1. The van der Waals surface area contributed by atoms with E-state index in [2.05, 4.69) is 25.1 Å². The van der Waals surface area contributed by atoms with Crippen molar-refractivity contribution in [3.8, 4) is 23.4 Å². The number of hydrogen-bond donors (Lipinski definition) is 2. The van der Waals surface area contributed by atoms with Gasteiger partial charge < -0.3 is 20.5 Å². The minimum absolute atomic E-state index is 0.170. The van der Waals surface area contributed by atoms with Gasteiger partial charge in [0.2, 0.25) is 5.88 Å². The molecule has 1 aromatic carbocycles. The summed E-state index contributed by atoms with van der Waals surface area (Å²) in [5.41, 5.74) is 10.8. The number of aromatic nitrogens is 2. The van der Waals surface area contributed by atoms with Crippen LogP contribution in [0.25, 0.3) is 16.7 Å². The van der Waals surface area contributed by atoms with Crippen LogP contribution in [-0.2, 0) is 0 Å². The van der Waals surface area contributed by atoms with Crippen LogP contribution in [-0.4, -0.2) is 46.8 Å². The van der Waals surface area contributed by atoms with Crippen LogP contribution in [0, 0.1) is 37.5 Å². The smallest absolute Gasteiger partial charge is 0.218 e. The van der Waals surface area contributed by atoms with Crippen LogP contribution in [0.5, 0.6) is 11.6 Å². The molecule has 1 aliphatic carbocycles. The highest BCUT2D eigenvalue weighted by Gasteiger charge is 2.44. The summed E-state index contributed by atoms with van der Waals surface area (Å²) in [5.74, 6) is 1.03. The Kier molecular flexibility index (Phi) is 5.06. The van der Waals surface area contributed by atoms with E-state index < -0.39 is 0 Å². The van der Waals surface area contributed by atoms with Gasteiger partial charge in [0.05, 0.1) is 12.3 Å². The highest BCUT2D eigenvalue weighted by molar-refractivity contribution is 5.92. The Morgan fingerprint density at radius 2 is 1.97 bits per heavy atom. The van der Waals surface area contributed by atoms with Crippen LogP contribution < -0.4 is 10.5 Å². The van der Waals surface area contributed by atoms with E-state index in [9.17, 15) is 10.4 Å². The molecule has 1 saturated carbocycles. The largest absolute Gasteiger partial charge is 0.508 e. The number of nitrogens with zero attached hydrogens (tertiary/aromatic N) is 4. The van der Waals surface area contributed by atoms with Gasteiger partial charge in [0.25, 0.3) is 0 Å². The fourth-order valence-electron chi connectivity index (χ4n) is 4.38. The fourth-order valence-corrected chi connectivity index (χ4v) is 4.38. The maximum Gasteiger partial charge on any atom is 0.218 e. The molecule has 31 heavy (non-hydrogen) atoms. The number of anilines is 1. The number of benzene rings is 1. The topological polar surface area (TPSA) is 100 Å². The second-order valence-electron chi connectivity index (χ2n) is 9.09. The van der Waals surface area contributed by atoms with Crippen molar-refractivity contribution >= 4 is 16.9 Å². The molecule has 1 aliphatic rings. The molecule has 0 aliphatic heterocycles. The number of hydrogen-bond acceptors (Lipinski definition) is 6. The van der Waals surface area contributed by atoms with Crippen molar-refractivity contribution in [2.24, 2.45) is 5.41 Å². The molecule has 0 atom stereocenters. The molecular formula is C24H29N5O2. The predicted octanol–water partition coefficient (Wildman–Crippen LogP) is 3.83. The molecule has 0 amide bonds. The molecule has 0 unspecified atom stereocenters. The minimum atomic E-state index is 0.170. The normalized spacial score (nSPS) is 14.7. The van der Waals surface area contributed by atoms with Crippen LogP contribution in [0.2, 0.25) is 0 Å². The van der Waals surface area contributed by atoms with E-state index in [1.807, 2.05) is 32.9 Å². The molecule has 4 rings (SSSR count). The number of phenolic OH excluding ortho intramolecular Hbond substituents is 1. The number of fused-ring (bicyclic) bond motifs is 1. The van der Waals surface area contributed by atoms with E-state index in [0.29, 0.717) is 40.5 Å². The van der Waals surface area contributed by atoms with Gasteiger partial charge in [-0.3, -0.25) is 4.57 Å². The zero-order chi connectivity index (χ0) is 22.5. The molecular weight excluding hydrogens is 390 g/mol. The number of pyridine rings is 1. The van der Waals surface area contributed by atoms with Crippen LogP contribution in [0.4, 0.5) is 5.82 Å². The second-order valence-corrected chi connectivity index (χ2v) is 9.09. The number of nitrogen functional groups attached to an aromatic ring is 1. The summed E-state index contributed by atoms with van der Waals surface area (Å²) < 4.78 is 7.97. The number of rotatable bonds is 6. The molecule has 0 bridgehead atoms. The van der Waals surface area contributed by atoms with Crippen molar-refractivity contribution in [1.82, 2.24) is 14.5 Å². The van der Waals surface area contributed by atoms with Crippen molar-refractivity contribution in [3.63, 3.8) is 0 Å². The molecule has 2 heterocycles. The summed E-state index contributed by atoms with van der Waals surface area (Å²) >= 11 is 0. The van der Waals surface area contributed by atoms with Crippen LogP contribution in [0.3, 0.4) is 0 Å². The third kappa shape index (κ3) is 3.57. The van der Waals surface area contributed by atoms with Gasteiger partial charge >= 0.3 is 0 Å². The lowest BCUT2D eigenvalue weighted by atomic mass is 10.1. The Balaban J connectivity index is 1.85. The van der Waals surface area contributed by atoms with Crippen LogP contribution in [0.1, 0.15) is 35.1 Å². The highest BCUT2D eigenvalue weighted by Crippen LogP contribution is 2.46. The van der Waals surface area contributed by atoms with Crippen LogP contribution >= 0.6 is 0 Å². The van der Waals surface area contributed by atoms with Crippen molar-refractivity contribution < 1.29 is 9.84 Å². The third-order valence-electron chi connectivity index (χ3n) is 6.19. The molecule has 7 nitrogen and oxygen atoms in total. The number of aryl methyl sites for hydroxylation is 2. The summed E-state index contributed by atoms with van der Waals surface area (Å²) in [6.45, 7) is 7.31. The van der Waals surface area contributed by atoms with Gasteiger partial charge in [-0.1, -0.05) is 6.07 Å². The molecule has 1 fully saturated rings. The van der Waals surface area contributed by atoms with Crippen LogP contribution in [0.15, 0.2) is 18.2 Å². The predicted molar refractivity (Wildman–Crippen MR) is 122 cm³/mol. The maximum absolute atomic E-state index is 10.3. The average molecular weight is 420 g/mol. The molecule has 7 heteroatoms. The van der Waals surface area contributed by atoms with Gasteiger partial charge in [-0.2, -0.15) is 10.2 Å². The first-order valence-electron chi connectivity index (χ1n) is 10.5. The van der Waals surface area contributed by atoms with Gasteiger partial charge in [0.15, 0.2) is 5.65 Å². The SMILES string of the molecule is Cc1cc2c(C#N)c(N)n(-c3c(C)ccc(O)c3C)c2nc1OCC1(CN(C)C)CC1. The zero-order valence-corrected chi connectivity index (χ0v) is 18.8. The lowest BCUT2D eigenvalue weighted by Crippen LogP contribution is -2.27. The number of phenols is 1. The number of aromatic hydroxyl groups is 1. The number of nitriles is 1. The lowest BCUT2D eigenvalue weighted by Gasteiger charge is -2.21. The van der Waals surface area contributed by atoms with Gasteiger partial charge in [-0.25, -0.2) is 0 Å². The van der Waals surface area contributed by atoms with E-state index in [0.717, 1.165) is 36.2 Å². The molecule has 0 spiro atoms.